The Bertz CT molecular complexity index is 981. The van der Waals surface area contributed by atoms with Crippen LogP contribution >= 0.6 is 0 Å². The third kappa shape index (κ3) is 4.48. The van der Waals surface area contributed by atoms with E-state index in [1.54, 1.807) is 29.9 Å². The summed E-state index contributed by atoms with van der Waals surface area (Å²) in [5, 5.41) is 9.29. The van der Waals surface area contributed by atoms with Gasteiger partial charge in [0.25, 0.3) is 0 Å². The fourth-order valence-electron chi connectivity index (χ4n) is 3.02. The monoisotopic (exact) mass is 413 g/mol. The van der Waals surface area contributed by atoms with Crippen LogP contribution in [0.5, 0.6) is 0 Å². The summed E-state index contributed by atoms with van der Waals surface area (Å²) < 4.78 is 12.0. The summed E-state index contributed by atoms with van der Waals surface area (Å²) in [6, 6.07) is 4.92. The maximum atomic E-state index is 12.8. The molecule has 0 aliphatic carbocycles. The number of nitrogens with one attached hydrogen (secondary N) is 2. The van der Waals surface area contributed by atoms with Crippen LogP contribution in [0.3, 0.4) is 0 Å². The van der Waals surface area contributed by atoms with Crippen LogP contribution in [0.25, 0.3) is 5.82 Å². The Hall–Kier alpha value is -3.69. The third-order valence-corrected chi connectivity index (χ3v) is 4.36. The average Bonchev–Trinajstić information content (AvgIpc) is 3.18. The Labute approximate surface area is 173 Å². The molecule has 0 bridgehead atoms. The van der Waals surface area contributed by atoms with Gasteiger partial charge in [0.05, 0.1) is 36.3 Å². The van der Waals surface area contributed by atoms with Gasteiger partial charge in [-0.15, -0.1) is 0 Å². The van der Waals surface area contributed by atoms with Crippen molar-refractivity contribution in [3.05, 3.63) is 53.1 Å². The zero-order valence-corrected chi connectivity index (χ0v) is 17.0. The summed E-state index contributed by atoms with van der Waals surface area (Å²) in [6.07, 6.45) is 3.07. The first-order chi connectivity index (χ1) is 14.4. The minimum absolute atomic E-state index is 0.00754. The van der Waals surface area contributed by atoms with Crippen molar-refractivity contribution in [2.75, 3.05) is 19.8 Å². The number of esters is 2. The lowest BCUT2D eigenvalue weighted by atomic mass is 10.1. The molecule has 3 heterocycles. The largest absolute Gasteiger partial charge is 0.463 e. The van der Waals surface area contributed by atoms with Crippen LogP contribution in [0.2, 0.25) is 0 Å². The molecule has 2 aromatic rings. The molecule has 0 unspecified atom stereocenters. The Morgan fingerprint density at radius 1 is 1.23 bits per heavy atom. The van der Waals surface area contributed by atoms with Crippen LogP contribution < -0.4 is 10.6 Å². The topological polar surface area (TPSA) is 124 Å². The second kappa shape index (κ2) is 9.21. The lowest BCUT2D eigenvalue weighted by Crippen LogP contribution is -2.45. The predicted molar refractivity (Wildman–Crippen MR) is 106 cm³/mol. The van der Waals surface area contributed by atoms with Crippen molar-refractivity contribution in [3.8, 4) is 5.82 Å². The zero-order valence-electron chi connectivity index (χ0n) is 17.0. The van der Waals surface area contributed by atoms with Crippen LogP contribution in [0.1, 0.15) is 42.7 Å². The molecular weight excluding hydrogens is 390 g/mol. The molecule has 0 aromatic carbocycles. The molecule has 1 aliphatic heterocycles. The molecule has 10 nitrogen and oxygen atoms in total. The fourth-order valence-corrected chi connectivity index (χ4v) is 3.02. The zero-order chi connectivity index (χ0) is 21.7. The Morgan fingerprint density at radius 2 is 2.03 bits per heavy atom. The molecule has 0 saturated heterocycles. The summed E-state index contributed by atoms with van der Waals surface area (Å²) in [7, 11) is 0. The van der Waals surface area contributed by atoms with Crippen molar-refractivity contribution in [2.45, 2.75) is 26.7 Å². The van der Waals surface area contributed by atoms with Crippen molar-refractivity contribution in [3.63, 3.8) is 0 Å². The predicted octanol–water partition coefficient (Wildman–Crippen LogP) is 1.68. The van der Waals surface area contributed by atoms with Crippen LogP contribution in [0.15, 0.2) is 41.9 Å². The molecule has 10 heteroatoms. The summed E-state index contributed by atoms with van der Waals surface area (Å²) in [5.74, 6) is -0.658. The number of hydrogen-bond acceptors (Lipinski definition) is 7. The van der Waals surface area contributed by atoms with Crippen molar-refractivity contribution in [1.82, 2.24) is 25.4 Å². The van der Waals surface area contributed by atoms with E-state index in [2.05, 4.69) is 20.7 Å². The van der Waals surface area contributed by atoms with E-state index >= 15 is 0 Å². The Balaban J connectivity index is 1.83. The molecule has 0 fully saturated rings. The third-order valence-electron chi connectivity index (χ3n) is 4.36. The number of pyridine rings is 1. The molecule has 2 N–H and O–H groups in total. The van der Waals surface area contributed by atoms with E-state index in [4.69, 9.17) is 9.47 Å². The van der Waals surface area contributed by atoms with Crippen molar-refractivity contribution >= 4 is 18.0 Å². The van der Waals surface area contributed by atoms with Crippen LogP contribution in [0, 0.1) is 0 Å². The summed E-state index contributed by atoms with van der Waals surface area (Å²) in [6.45, 7) is 5.44. The number of ether oxygens (including phenoxy) is 2. The molecule has 2 amide bonds. The summed E-state index contributed by atoms with van der Waals surface area (Å²) >= 11 is 0. The number of carbonyl (C=O) groups is 3. The van der Waals surface area contributed by atoms with Gasteiger partial charge in [-0.25, -0.2) is 24.0 Å². The lowest BCUT2D eigenvalue weighted by molar-refractivity contribution is -0.138. The number of amides is 2. The van der Waals surface area contributed by atoms with E-state index in [1.807, 2.05) is 19.9 Å². The maximum Gasteiger partial charge on any atom is 0.342 e. The highest BCUT2D eigenvalue weighted by atomic mass is 16.5. The second-order valence-electron chi connectivity index (χ2n) is 6.76. The first-order valence-corrected chi connectivity index (χ1v) is 9.52. The summed E-state index contributed by atoms with van der Waals surface area (Å²) in [5.41, 5.74) is 1.33. The van der Waals surface area contributed by atoms with Crippen LogP contribution in [-0.2, 0) is 14.3 Å². The van der Waals surface area contributed by atoms with Crippen molar-refractivity contribution in [2.24, 2.45) is 0 Å². The smallest absolute Gasteiger partial charge is 0.342 e. The quantitative estimate of drug-likeness (QED) is 0.662. The molecule has 0 atom stereocenters. The maximum absolute atomic E-state index is 12.8. The van der Waals surface area contributed by atoms with Crippen molar-refractivity contribution < 1.29 is 23.9 Å². The van der Waals surface area contributed by atoms with Crippen LogP contribution in [0.4, 0.5) is 4.79 Å². The van der Waals surface area contributed by atoms with E-state index in [-0.39, 0.29) is 42.5 Å². The SMILES string of the molecule is CCOC(=O)C1=C(COC(=O)c2cnn(-c3ccccn3)c2C(C)C)NC(=O)NC1. The van der Waals surface area contributed by atoms with Gasteiger partial charge in [0.2, 0.25) is 0 Å². The highest BCUT2D eigenvalue weighted by Crippen LogP contribution is 2.23. The van der Waals surface area contributed by atoms with Gasteiger partial charge < -0.3 is 20.1 Å². The average molecular weight is 413 g/mol. The van der Waals surface area contributed by atoms with Gasteiger partial charge in [0, 0.05) is 6.20 Å². The fraction of sp³-hybridized carbons (Fsp3) is 0.350. The van der Waals surface area contributed by atoms with Gasteiger partial charge in [-0.05, 0) is 25.0 Å². The van der Waals surface area contributed by atoms with Gasteiger partial charge >= 0.3 is 18.0 Å². The normalized spacial score (nSPS) is 13.7. The van der Waals surface area contributed by atoms with E-state index in [0.717, 1.165) is 0 Å². The number of carbonyl (C=O) groups excluding carboxylic acids is 3. The molecule has 0 saturated carbocycles. The van der Waals surface area contributed by atoms with E-state index in [1.165, 1.54) is 6.20 Å². The number of nitrogens with zero attached hydrogens (tertiary/aromatic N) is 3. The van der Waals surface area contributed by atoms with Crippen LogP contribution in [-0.4, -0.2) is 52.5 Å². The lowest BCUT2D eigenvalue weighted by Gasteiger charge is -2.21. The molecule has 30 heavy (non-hydrogen) atoms. The van der Waals surface area contributed by atoms with Gasteiger partial charge in [0.1, 0.15) is 12.2 Å². The molecule has 3 rings (SSSR count). The first-order valence-electron chi connectivity index (χ1n) is 9.52. The standard InChI is InChI=1S/C20H23N5O5/c1-4-29-18(26)13-9-22-20(28)24-15(13)11-30-19(27)14-10-23-25(17(14)12(2)3)16-7-5-6-8-21-16/h5-8,10,12H,4,9,11H2,1-3H3,(H2,22,24,28). The number of aromatic nitrogens is 3. The number of hydrogen-bond donors (Lipinski definition) is 2. The number of urea groups is 1. The van der Waals surface area contributed by atoms with E-state index < -0.39 is 18.0 Å². The molecule has 2 aromatic heterocycles. The molecule has 1 aliphatic rings. The highest BCUT2D eigenvalue weighted by Gasteiger charge is 2.26. The molecule has 0 radical (unpaired) electrons. The minimum Gasteiger partial charge on any atom is -0.463 e. The summed E-state index contributed by atoms with van der Waals surface area (Å²) in [4.78, 5) is 40.8. The molecular formula is C20H23N5O5. The van der Waals surface area contributed by atoms with Gasteiger partial charge in [-0.3, -0.25) is 0 Å². The Morgan fingerprint density at radius 3 is 2.70 bits per heavy atom. The molecule has 0 spiro atoms. The van der Waals surface area contributed by atoms with Gasteiger partial charge in [-0.2, -0.15) is 5.10 Å². The minimum atomic E-state index is -0.621. The van der Waals surface area contributed by atoms with Gasteiger partial charge in [-0.1, -0.05) is 19.9 Å². The second-order valence-corrected chi connectivity index (χ2v) is 6.76. The van der Waals surface area contributed by atoms with Gasteiger partial charge in [0.15, 0.2) is 5.82 Å². The highest BCUT2D eigenvalue weighted by molar-refractivity contribution is 5.94. The van der Waals surface area contributed by atoms with E-state index in [0.29, 0.717) is 11.5 Å². The first kappa shape index (κ1) is 21.0. The van der Waals surface area contributed by atoms with Crippen molar-refractivity contribution in [1.29, 1.82) is 0 Å². The van der Waals surface area contributed by atoms with E-state index in [9.17, 15) is 14.4 Å². The number of rotatable bonds is 7. The Kier molecular flexibility index (Phi) is 6.45. The molecule has 158 valence electrons.